The molecule has 15 heavy (non-hydrogen) atoms. The van der Waals surface area contributed by atoms with Crippen LogP contribution in [0.25, 0.3) is 0 Å². The fourth-order valence-electron chi connectivity index (χ4n) is 1.02. The van der Waals surface area contributed by atoms with Crippen molar-refractivity contribution in [3.8, 4) is 0 Å². The smallest absolute Gasteiger partial charge is 0.350 e. The third-order valence-electron chi connectivity index (χ3n) is 1.78. The van der Waals surface area contributed by atoms with Crippen molar-refractivity contribution >= 4 is 28.9 Å². The summed E-state index contributed by atoms with van der Waals surface area (Å²) in [5.41, 5.74) is 1.33. The molecule has 0 aliphatic rings. The molecule has 0 radical (unpaired) electrons. The van der Waals surface area contributed by atoms with E-state index >= 15 is 0 Å². The molecule has 1 amide bonds. The van der Waals surface area contributed by atoms with Crippen LogP contribution in [0.4, 0.5) is 5.69 Å². The lowest BCUT2D eigenvalue weighted by Gasteiger charge is -2.04. The summed E-state index contributed by atoms with van der Waals surface area (Å²) in [7, 11) is 1.30. The van der Waals surface area contributed by atoms with Gasteiger partial charge in [0.15, 0.2) is 0 Å². The molecule has 0 saturated carbocycles. The lowest BCUT2D eigenvalue weighted by molar-refractivity contribution is -0.111. The Morgan fingerprint density at radius 3 is 2.80 bits per heavy atom. The topological polar surface area (TPSA) is 55.4 Å². The Bertz CT molecular complexity index is 409. The average molecular weight is 225 g/mol. The molecule has 5 heteroatoms. The van der Waals surface area contributed by atoms with E-state index in [1.807, 2.05) is 6.92 Å². The molecule has 0 aliphatic carbocycles. The van der Waals surface area contributed by atoms with Crippen molar-refractivity contribution in [2.24, 2.45) is 0 Å². The SMILES string of the molecule is C=CC(=O)Nc1c(C)csc1C(=O)OC. The number of carbonyl (C=O) groups excluding carboxylic acids is 2. The maximum atomic E-state index is 11.3. The molecule has 4 nitrogen and oxygen atoms in total. The standard InChI is InChI=1S/C10H11NO3S/c1-4-7(12)11-8-6(2)5-15-9(8)10(13)14-3/h4-5H,1H2,2-3H3,(H,11,12). The van der Waals surface area contributed by atoms with Crippen molar-refractivity contribution in [1.82, 2.24) is 0 Å². The second-order valence-corrected chi connectivity index (χ2v) is 3.69. The number of hydrogen-bond donors (Lipinski definition) is 1. The van der Waals surface area contributed by atoms with Gasteiger partial charge >= 0.3 is 5.97 Å². The zero-order valence-electron chi connectivity index (χ0n) is 8.49. The highest BCUT2D eigenvalue weighted by atomic mass is 32.1. The van der Waals surface area contributed by atoms with Crippen molar-refractivity contribution in [3.63, 3.8) is 0 Å². The van der Waals surface area contributed by atoms with Crippen LogP contribution in [0.1, 0.15) is 15.2 Å². The summed E-state index contributed by atoms with van der Waals surface area (Å²) in [5.74, 6) is -0.797. The largest absolute Gasteiger partial charge is 0.465 e. The summed E-state index contributed by atoms with van der Waals surface area (Å²) >= 11 is 1.24. The molecule has 0 spiro atoms. The zero-order valence-corrected chi connectivity index (χ0v) is 9.31. The van der Waals surface area contributed by atoms with Crippen LogP contribution >= 0.6 is 11.3 Å². The number of amides is 1. The monoisotopic (exact) mass is 225 g/mol. The summed E-state index contributed by atoms with van der Waals surface area (Å²) in [6.45, 7) is 5.15. The second kappa shape index (κ2) is 4.75. The minimum Gasteiger partial charge on any atom is -0.465 e. The number of rotatable bonds is 3. The number of esters is 1. The maximum Gasteiger partial charge on any atom is 0.350 e. The molecule has 1 rings (SSSR count). The third kappa shape index (κ3) is 2.44. The average Bonchev–Trinajstić information content (AvgIpc) is 2.59. The van der Waals surface area contributed by atoms with Gasteiger partial charge in [-0.25, -0.2) is 4.79 Å². The van der Waals surface area contributed by atoms with Crippen molar-refractivity contribution in [3.05, 3.63) is 28.5 Å². The van der Waals surface area contributed by atoms with Gasteiger partial charge < -0.3 is 10.1 Å². The van der Waals surface area contributed by atoms with Gasteiger partial charge in [0.1, 0.15) is 4.88 Å². The Morgan fingerprint density at radius 1 is 1.60 bits per heavy atom. The van der Waals surface area contributed by atoms with Crippen molar-refractivity contribution in [1.29, 1.82) is 0 Å². The van der Waals surface area contributed by atoms with Crippen LogP contribution in [-0.4, -0.2) is 19.0 Å². The van der Waals surface area contributed by atoms with Crippen LogP contribution in [0.15, 0.2) is 18.0 Å². The quantitative estimate of drug-likeness (QED) is 0.632. The molecule has 0 atom stereocenters. The molecular formula is C10H11NO3S. The predicted molar refractivity (Wildman–Crippen MR) is 59.2 cm³/mol. The van der Waals surface area contributed by atoms with Crippen LogP contribution in [0.5, 0.6) is 0 Å². The van der Waals surface area contributed by atoms with E-state index in [0.717, 1.165) is 11.6 Å². The molecule has 80 valence electrons. The number of thiophene rings is 1. The van der Waals surface area contributed by atoms with Crippen LogP contribution in [0, 0.1) is 6.92 Å². The molecular weight excluding hydrogens is 214 g/mol. The van der Waals surface area contributed by atoms with Gasteiger partial charge in [0, 0.05) is 0 Å². The van der Waals surface area contributed by atoms with E-state index in [4.69, 9.17) is 0 Å². The Balaban J connectivity index is 3.04. The number of methoxy groups -OCH3 is 1. The van der Waals surface area contributed by atoms with Crippen molar-refractivity contribution in [2.45, 2.75) is 6.92 Å². The van der Waals surface area contributed by atoms with E-state index in [9.17, 15) is 9.59 Å². The lowest BCUT2D eigenvalue weighted by atomic mass is 10.2. The Labute approximate surface area is 91.6 Å². The molecule has 1 aromatic heterocycles. The minimum absolute atomic E-state index is 0.346. The van der Waals surface area contributed by atoms with Crippen LogP contribution in [-0.2, 0) is 9.53 Å². The Morgan fingerprint density at radius 2 is 2.27 bits per heavy atom. The number of anilines is 1. The van der Waals surface area contributed by atoms with Gasteiger partial charge in [0.25, 0.3) is 0 Å². The summed E-state index contributed by atoms with van der Waals surface area (Å²) in [6, 6.07) is 0. The first kappa shape index (κ1) is 11.5. The predicted octanol–water partition coefficient (Wildman–Crippen LogP) is 1.97. The van der Waals surface area contributed by atoms with E-state index in [1.54, 1.807) is 5.38 Å². The molecule has 1 heterocycles. The molecule has 0 aliphatic heterocycles. The van der Waals surface area contributed by atoms with Gasteiger partial charge in [-0.3, -0.25) is 4.79 Å². The summed E-state index contributed by atoms with van der Waals surface area (Å²) in [5, 5.41) is 4.36. The number of nitrogens with one attached hydrogen (secondary N) is 1. The van der Waals surface area contributed by atoms with E-state index < -0.39 is 5.97 Å². The van der Waals surface area contributed by atoms with Crippen molar-refractivity contribution in [2.75, 3.05) is 12.4 Å². The lowest BCUT2D eigenvalue weighted by Crippen LogP contribution is -2.11. The van der Waals surface area contributed by atoms with E-state index in [-0.39, 0.29) is 5.91 Å². The summed E-state index contributed by atoms with van der Waals surface area (Å²) in [6.07, 6.45) is 1.15. The second-order valence-electron chi connectivity index (χ2n) is 2.81. The number of ether oxygens (including phenoxy) is 1. The molecule has 1 N–H and O–H groups in total. The molecule has 0 saturated heterocycles. The molecule has 0 bridgehead atoms. The van der Waals surface area contributed by atoms with E-state index in [0.29, 0.717) is 10.6 Å². The highest BCUT2D eigenvalue weighted by Gasteiger charge is 2.17. The van der Waals surface area contributed by atoms with Crippen LogP contribution < -0.4 is 5.32 Å². The van der Waals surface area contributed by atoms with Crippen LogP contribution in [0.2, 0.25) is 0 Å². The number of hydrogen-bond acceptors (Lipinski definition) is 4. The third-order valence-corrected chi connectivity index (χ3v) is 2.86. The normalized spacial score (nSPS) is 9.47. The highest BCUT2D eigenvalue weighted by molar-refractivity contribution is 7.12. The number of aryl methyl sites for hydroxylation is 1. The first-order valence-corrected chi connectivity index (χ1v) is 5.08. The Hall–Kier alpha value is -1.62. The first-order valence-electron chi connectivity index (χ1n) is 4.20. The van der Waals surface area contributed by atoms with Gasteiger partial charge in [-0.15, -0.1) is 11.3 Å². The molecule has 1 aromatic rings. The molecule has 0 unspecified atom stereocenters. The van der Waals surface area contributed by atoms with E-state index in [2.05, 4.69) is 16.6 Å². The Kier molecular flexibility index (Phi) is 3.62. The van der Waals surface area contributed by atoms with Gasteiger partial charge in [-0.1, -0.05) is 6.58 Å². The first-order chi connectivity index (χ1) is 7.10. The highest BCUT2D eigenvalue weighted by Crippen LogP contribution is 2.28. The molecule has 0 fully saturated rings. The fraction of sp³-hybridized carbons (Fsp3) is 0.200. The van der Waals surface area contributed by atoms with Crippen molar-refractivity contribution < 1.29 is 14.3 Å². The zero-order chi connectivity index (χ0) is 11.4. The number of carbonyl (C=O) groups is 2. The fourth-order valence-corrected chi connectivity index (χ4v) is 1.94. The minimum atomic E-state index is -0.451. The van der Waals surface area contributed by atoms with Gasteiger partial charge in [-0.2, -0.15) is 0 Å². The molecule has 0 aromatic carbocycles. The summed E-state index contributed by atoms with van der Waals surface area (Å²) in [4.78, 5) is 22.8. The van der Waals surface area contributed by atoms with Crippen LogP contribution in [0.3, 0.4) is 0 Å². The van der Waals surface area contributed by atoms with Gasteiger partial charge in [0.2, 0.25) is 5.91 Å². The summed E-state index contributed by atoms with van der Waals surface area (Å²) < 4.78 is 4.60. The van der Waals surface area contributed by atoms with Gasteiger partial charge in [-0.05, 0) is 23.9 Å². The maximum absolute atomic E-state index is 11.3. The van der Waals surface area contributed by atoms with E-state index in [1.165, 1.54) is 18.4 Å². The van der Waals surface area contributed by atoms with Gasteiger partial charge in [0.05, 0.1) is 12.8 Å².